The minimum atomic E-state index is -0.0562. The molecule has 0 unspecified atom stereocenters. The molecule has 0 radical (unpaired) electrons. The lowest BCUT2D eigenvalue weighted by Gasteiger charge is -2.28. The molecule has 0 spiro atoms. The number of carbonyl (C=O) groups is 1. The maximum atomic E-state index is 12.2. The van der Waals surface area contributed by atoms with Crippen LogP contribution in [0.5, 0.6) is 0 Å². The van der Waals surface area contributed by atoms with Gasteiger partial charge in [-0.05, 0) is 37.0 Å². The minimum absolute atomic E-state index is 0.0562. The van der Waals surface area contributed by atoms with E-state index >= 15 is 0 Å². The fourth-order valence-electron chi connectivity index (χ4n) is 3.35. The zero-order valence-electron chi connectivity index (χ0n) is 14.7. The van der Waals surface area contributed by atoms with Crippen LogP contribution >= 0.6 is 0 Å². The standard InChI is InChI=1S/C19H26N4O2/c1-15-4-2-3-5-18(15)25-13-12-21-19(24)14-23-17(8-11-22-23)16-6-9-20-10-7-16/h6-11,15,18H,2-5,12-14H2,1H3,(H,21,24)/t15-,18-/m0/s1. The van der Waals surface area contributed by atoms with Crippen LogP contribution in [0.15, 0.2) is 36.8 Å². The summed E-state index contributed by atoms with van der Waals surface area (Å²) in [5, 5.41) is 7.17. The van der Waals surface area contributed by atoms with Crippen LogP contribution < -0.4 is 5.32 Å². The number of hydrogen-bond acceptors (Lipinski definition) is 4. The number of hydrogen-bond donors (Lipinski definition) is 1. The summed E-state index contributed by atoms with van der Waals surface area (Å²) in [5.74, 6) is 0.566. The van der Waals surface area contributed by atoms with Crippen molar-refractivity contribution in [2.75, 3.05) is 13.2 Å². The number of nitrogens with zero attached hydrogens (tertiary/aromatic N) is 3. The van der Waals surface area contributed by atoms with Crippen molar-refractivity contribution in [3.05, 3.63) is 36.8 Å². The van der Waals surface area contributed by atoms with Gasteiger partial charge in [0.2, 0.25) is 5.91 Å². The SMILES string of the molecule is C[C@H]1CCCC[C@@H]1OCCNC(=O)Cn1nccc1-c1ccncc1. The Morgan fingerprint density at radius 2 is 2.04 bits per heavy atom. The number of ether oxygens (including phenoxy) is 1. The molecule has 2 heterocycles. The lowest BCUT2D eigenvalue weighted by atomic mass is 9.88. The highest BCUT2D eigenvalue weighted by atomic mass is 16.5. The van der Waals surface area contributed by atoms with Crippen LogP contribution in [0.3, 0.4) is 0 Å². The number of nitrogens with one attached hydrogen (secondary N) is 1. The van der Waals surface area contributed by atoms with Gasteiger partial charge in [-0.1, -0.05) is 19.8 Å². The predicted molar refractivity (Wildman–Crippen MR) is 95.8 cm³/mol. The van der Waals surface area contributed by atoms with E-state index in [9.17, 15) is 4.79 Å². The molecule has 0 bridgehead atoms. The molecule has 25 heavy (non-hydrogen) atoms. The second-order valence-corrected chi connectivity index (χ2v) is 6.63. The molecule has 1 saturated carbocycles. The molecule has 3 rings (SSSR count). The van der Waals surface area contributed by atoms with Crippen molar-refractivity contribution < 1.29 is 9.53 Å². The Morgan fingerprint density at radius 1 is 1.24 bits per heavy atom. The van der Waals surface area contributed by atoms with E-state index in [0.717, 1.165) is 17.7 Å². The molecule has 6 heteroatoms. The third-order valence-electron chi connectivity index (χ3n) is 4.77. The van der Waals surface area contributed by atoms with Gasteiger partial charge in [0.15, 0.2) is 0 Å². The molecule has 1 N–H and O–H groups in total. The van der Waals surface area contributed by atoms with Crippen LogP contribution in [0.2, 0.25) is 0 Å². The highest BCUT2D eigenvalue weighted by Gasteiger charge is 2.21. The Labute approximate surface area is 148 Å². The first-order chi connectivity index (χ1) is 12.2. The van der Waals surface area contributed by atoms with E-state index in [-0.39, 0.29) is 12.5 Å². The van der Waals surface area contributed by atoms with Crippen molar-refractivity contribution >= 4 is 5.91 Å². The van der Waals surface area contributed by atoms with Gasteiger partial charge in [0.1, 0.15) is 6.54 Å². The summed E-state index contributed by atoms with van der Waals surface area (Å²) >= 11 is 0. The molecule has 0 aliphatic heterocycles. The van der Waals surface area contributed by atoms with Crippen molar-refractivity contribution in [3.8, 4) is 11.3 Å². The van der Waals surface area contributed by atoms with Crippen LogP contribution in [-0.4, -0.2) is 39.9 Å². The van der Waals surface area contributed by atoms with E-state index < -0.39 is 0 Å². The molecule has 1 amide bonds. The van der Waals surface area contributed by atoms with Gasteiger partial charge < -0.3 is 10.1 Å². The number of carbonyl (C=O) groups excluding carboxylic acids is 1. The molecule has 2 aromatic heterocycles. The maximum Gasteiger partial charge on any atom is 0.241 e. The van der Waals surface area contributed by atoms with Crippen LogP contribution in [0.4, 0.5) is 0 Å². The van der Waals surface area contributed by atoms with Gasteiger partial charge in [-0.15, -0.1) is 0 Å². The van der Waals surface area contributed by atoms with E-state index in [2.05, 4.69) is 22.3 Å². The summed E-state index contributed by atoms with van der Waals surface area (Å²) in [6.45, 7) is 3.55. The average molecular weight is 342 g/mol. The molecule has 0 saturated heterocycles. The Morgan fingerprint density at radius 3 is 2.84 bits per heavy atom. The topological polar surface area (TPSA) is 69.0 Å². The molecule has 2 aromatic rings. The van der Waals surface area contributed by atoms with Gasteiger partial charge in [-0.2, -0.15) is 5.10 Å². The molecular weight excluding hydrogens is 316 g/mol. The van der Waals surface area contributed by atoms with Crippen LogP contribution in [0.25, 0.3) is 11.3 Å². The van der Waals surface area contributed by atoms with Crippen LogP contribution in [-0.2, 0) is 16.1 Å². The molecule has 0 aromatic carbocycles. The molecule has 1 fully saturated rings. The minimum Gasteiger partial charge on any atom is -0.376 e. The first kappa shape index (κ1) is 17.6. The van der Waals surface area contributed by atoms with Gasteiger partial charge in [0.25, 0.3) is 0 Å². The summed E-state index contributed by atoms with van der Waals surface area (Å²) < 4.78 is 7.63. The molecule has 6 nitrogen and oxygen atoms in total. The average Bonchev–Trinajstić information content (AvgIpc) is 3.09. The monoisotopic (exact) mass is 342 g/mol. The van der Waals surface area contributed by atoms with E-state index in [1.807, 2.05) is 18.2 Å². The van der Waals surface area contributed by atoms with Gasteiger partial charge >= 0.3 is 0 Å². The Hall–Kier alpha value is -2.21. The first-order valence-corrected chi connectivity index (χ1v) is 9.04. The third-order valence-corrected chi connectivity index (χ3v) is 4.77. The predicted octanol–water partition coefficient (Wildman–Crippen LogP) is 2.66. The Balaban J connectivity index is 1.43. The number of aromatic nitrogens is 3. The summed E-state index contributed by atoms with van der Waals surface area (Å²) in [4.78, 5) is 16.2. The lowest BCUT2D eigenvalue weighted by molar-refractivity contribution is -0.122. The molecule has 1 aliphatic carbocycles. The second kappa shape index (κ2) is 8.76. The summed E-state index contributed by atoms with van der Waals surface area (Å²) in [6, 6.07) is 5.71. The molecular formula is C19H26N4O2. The van der Waals surface area contributed by atoms with E-state index in [4.69, 9.17) is 4.74 Å². The van der Waals surface area contributed by atoms with E-state index in [1.165, 1.54) is 19.3 Å². The normalized spacial score (nSPS) is 20.4. The summed E-state index contributed by atoms with van der Waals surface area (Å²) in [7, 11) is 0. The fraction of sp³-hybridized carbons (Fsp3) is 0.526. The highest BCUT2D eigenvalue weighted by molar-refractivity contribution is 5.76. The van der Waals surface area contributed by atoms with E-state index in [0.29, 0.717) is 25.2 Å². The molecule has 2 atom stereocenters. The van der Waals surface area contributed by atoms with Gasteiger partial charge in [0, 0.05) is 30.7 Å². The number of rotatable bonds is 7. The summed E-state index contributed by atoms with van der Waals surface area (Å²) in [6.07, 6.45) is 10.4. The Kier molecular flexibility index (Phi) is 6.17. The first-order valence-electron chi connectivity index (χ1n) is 9.04. The zero-order valence-corrected chi connectivity index (χ0v) is 14.7. The summed E-state index contributed by atoms with van der Waals surface area (Å²) in [5.41, 5.74) is 1.90. The van der Waals surface area contributed by atoms with Gasteiger partial charge in [0.05, 0.1) is 18.4 Å². The Bertz CT molecular complexity index is 671. The lowest BCUT2D eigenvalue weighted by Crippen LogP contribution is -2.33. The number of pyridine rings is 1. The van der Waals surface area contributed by atoms with Crippen molar-refractivity contribution in [3.63, 3.8) is 0 Å². The van der Waals surface area contributed by atoms with E-state index in [1.54, 1.807) is 23.3 Å². The van der Waals surface area contributed by atoms with Crippen LogP contribution in [0.1, 0.15) is 32.6 Å². The smallest absolute Gasteiger partial charge is 0.241 e. The second-order valence-electron chi connectivity index (χ2n) is 6.63. The van der Waals surface area contributed by atoms with Crippen molar-refractivity contribution in [2.24, 2.45) is 5.92 Å². The largest absolute Gasteiger partial charge is 0.376 e. The van der Waals surface area contributed by atoms with Crippen molar-refractivity contribution in [1.82, 2.24) is 20.1 Å². The fourth-order valence-corrected chi connectivity index (χ4v) is 3.35. The third kappa shape index (κ3) is 4.89. The van der Waals surface area contributed by atoms with Crippen molar-refractivity contribution in [1.29, 1.82) is 0 Å². The zero-order chi connectivity index (χ0) is 17.5. The van der Waals surface area contributed by atoms with Gasteiger partial charge in [-0.25, -0.2) is 0 Å². The molecule has 134 valence electrons. The highest BCUT2D eigenvalue weighted by Crippen LogP contribution is 2.26. The van der Waals surface area contributed by atoms with Crippen molar-refractivity contribution in [2.45, 2.75) is 45.3 Å². The van der Waals surface area contributed by atoms with Crippen LogP contribution in [0, 0.1) is 5.92 Å². The van der Waals surface area contributed by atoms with Gasteiger partial charge in [-0.3, -0.25) is 14.5 Å². The maximum absolute atomic E-state index is 12.2. The molecule has 1 aliphatic rings. The number of amides is 1. The quantitative estimate of drug-likeness (QED) is 0.786.